The number of hydrogen-bond acceptors (Lipinski definition) is 5. The lowest BCUT2D eigenvalue weighted by Gasteiger charge is -1.97. The Labute approximate surface area is 91.0 Å². The first-order chi connectivity index (χ1) is 7.75. The third-order valence-electron chi connectivity index (χ3n) is 1.83. The first-order valence-corrected chi connectivity index (χ1v) is 4.64. The van der Waals surface area contributed by atoms with E-state index in [9.17, 15) is 4.79 Å². The van der Waals surface area contributed by atoms with Crippen LogP contribution in [0.5, 0.6) is 0 Å². The highest BCUT2D eigenvalue weighted by molar-refractivity contribution is 5.76. The molecule has 2 heterocycles. The van der Waals surface area contributed by atoms with Crippen LogP contribution < -0.4 is 10.9 Å². The van der Waals surface area contributed by atoms with Crippen molar-refractivity contribution in [3.8, 4) is 0 Å². The molecule has 0 aromatic carbocycles. The predicted octanol–water partition coefficient (Wildman–Crippen LogP) is 1.12. The molecular weight excluding hydrogens is 208 g/mol. The van der Waals surface area contributed by atoms with E-state index in [1.165, 1.54) is 18.5 Å². The fourth-order valence-corrected chi connectivity index (χ4v) is 1.10. The molecule has 16 heavy (non-hydrogen) atoms. The van der Waals surface area contributed by atoms with Gasteiger partial charge in [0.15, 0.2) is 0 Å². The van der Waals surface area contributed by atoms with E-state index in [-0.39, 0.29) is 11.2 Å². The Morgan fingerprint density at radius 2 is 2.50 bits per heavy atom. The van der Waals surface area contributed by atoms with E-state index < -0.39 is 0 Å². The standard InChI is InChI=1S/C10H10N4O2/c1-7-5-9(15)10(14-12-7)13-11-6-8-3-2-4-16-8/h2-6H,1H3,(H,12,15)(H,13,14)/b11-6+. The number of hydrazone groups is 1. The maximum absolute atomic E-state index is 11.4. The maximum Gasteiger partial charge on any atom is 0.226 e. The molecule has 2 rings (SSSR count). The summed E-state index contributed by atoms with van der Waals surface area (Å²) in [5.41, 5.74) is 3.02. The van der Waals surface area contributed by atoms with Gasteiger partial charge in [0.2, 0.25) is 11.2 Å². The zero-order valence-electron chi connectivity index (χ0n) is 8.60. The van der Waals surface area contributed by atoms with Crippen molar-refractivity contribution in [3.63, 3.8) is 0 Å². The van der Waals surface area contributed by atoms with Crippen LogP contribution in [-0.4, -0.2) is 16.4 Å². The molecule has 0 saturated heterocycles. The van der Waals surface area contributed by atoms with Crippen LogP contribution in [0.3, 0.4) is 0 Å². The summed E-state index contributed by atoms with van der Waals surface area (Å²) in [6, 6.07) is 4.94. The van der Waals surface area contributed by atoms with Crippen LogP contribution in [0.4, 0.5) is 5.82 Å². The van der Waals surface area contributed by atoms with Crippen LogP contribution in [0.2, 0.25) is 0 Å². The van der Waals surface area contributed by atoms with Crippen molar-refractivity contribution in [1.82, 2.24) is 10.2 Å². The molecule has 82 valence electrons. The molecular formula is C10H10N4O2. The third-order valence-corrected chi connectivity index (χ3v) is 1.83. The Hall–Kier alpha value is -2.37. The van der Waals surface area contributed by atoms with Crippen LogP contribution in [0.1, 0.15) is 11.5 Å². The quantitative estimate of drug-likeness (QED) is 0.597. The van der Waals surface area contributed by atoms with Gasteiger partial charge in [-0.05, 0) is 19.1 Å². The van der Waals surface area contributed by atoms with Crippen LogP contribution in [0.25, 0.3) is 0 Å². The first-order valence-electron chi connectivity index (χ1n) is 4.64. The van der Waals surface area contributed by atoms with Gasteiger partial charge in [0.25, 0.3) is 0 Å². The van der Waals surface area contributed by atoms with Gasteiger partial charge in [0, 0.05) is 11.8 Å². The van der Waals surface area contributed by atoms with Gasteiger partial charge in [0.05, 0.1) is 12.5 Å². The smallest absolute Gasteiger partial charge is 0.226 e. The Bertz CT molecular complexity index is 542. The molecule has 0 aliphatic rings. The van der Waals surface area contributed by atoms with Crippen molar-refractivity contribution >= 4 is 12.0 Å². The van der Waals surface area contributed by atoms with Crippen molar-refractivity contribution in [2.24, 2.45) is 5.10 Å². The number of nitrogens with one attached hydrogen (secondary N) is 2. The van der Waals surface area contributed by atoms with Gasteiger partial charge in [-0.25, -0.2) is 0 Å². The van der Waals surface area contributed by atoms with Gasteiger partial charge < -0.3 is 4.42 Å². The molecule has 0 bridgehead atoms. The summed E-state index contributed by atoms with van der Waals surface area (Å²) in [5, 5.41) is 10.3. The number of furan rings is 1. The molecule has 0 aliphatic heterocycles. The highest BCUT2D eigenvalue weighted by Gasteiger charge is 1.98. The second-order valence-electron chi connectivity index (χ2n) is 3.15. The largest absolute Gasteiger partial charge is 0.463 e. The summed E-state index contributed by atoms with van der Waals surface area (Å²) in [6.45, 7) is 1.75. The van der Waals surface area contributed by atoms with E-state index in [0.29, 0.717) is 11.5 Å². The molecule has 2 aromatic rings. The molecule has 0 atom stereocenters. The molecule has 0 aliphatic carbocycles. The molecule has 0 unspecified atom stereocenters. The van der Waals surface area contributed by atoms with E-state index in [4.69, 9.17) is 4.42 Å². The highest BCUT2D eigenvalue weighted by Crippen LogP contribution is 1.96. The van der Waals surface area contributed by atoms with Crippen LogP contribution in [-0.2, 0) is 0 Å². The lowest BCUT2D eigenvalue weighted by molar-refractivity contribution is 0.560. The van der Waals surface area contributed by atoms with E-state index in [1.54, 1.807) is 19.1 Å². The van der Waals surface area contributed by atoms with Crippen molar-refractivity contribution in [2.45, 2.75) is 6.92 Å². The van der Waals surface area contributed by atoms with Gasteiger partial charge >= 0.3 is 0 Å². The van der Waals surface area contributed by atoms with Gasteiger partial charge in [-0.3, -0.25) is 15.3 Å². The van der Waals surface area contributed by atoms with E-state index >= 15 is 0 Å². The number of anilines is 1. The Balaban J connectivity index is 2.08. The summed E-state index contributed by atoms with van der Waals surface area (Å²) in [6.07, 6.45) is 3.00. The predicted molar refractivity (Wildman–Crippen MR) is 59.5 cm³/mol. The summed E-state index contributed by atoms with van der Waals surface area (Å²) in [5.74, 6) is 0.740. The Morgan fingerprint density at radius 3 is 3.19 bits per heavy atom. The summed E-state index contributed by atoms with van der Waals surface area (Å²) < 4.78 is 5.03. The minimum absolute atomic E-state index is 0.147. The fourth-order valence-electron chi connectivity index (χ4n) is 1.10. The normalized spacial score (nSPS) is 10.8. The number of hydrogen-bond donors (Lipinski definition) is 2. The molecule has 0 fully saturated rings. The summed E-state index contributed by atoms with van der Waals surface area (Å²) in [4.78, 5) is 11.4. The number of aromatic amines is 1. The van der Waals surface area contributed by atoms with E-state index in [2.05, 4.69) is 20.7 Å². The third kappa shape index (κ3) is 2.35. The van der Waals surface area contributed by atoms with E-state index in [0.717, 1.165) is 0 Å². The van der Waals surface area contributed by atoms with E-state index in [1.807, 2.05) is 0 Å². The van der Waals surface area contributed by atoms with Crippen molar-refractivity contribution < 1.29 is 4.42 Å². The lowest BCUT2D eigenvalue weighted by atomic mass is 10.4. The second-order valence-corrected chi connectivity index (χ2v) is 3.15. The first kappa shape index (κ1) is 10.2. The summed E-state index contributed by atoms with van der Waals surface area (Å²) >= 11 is 0. The molecule has 0 saturated carbocycles. The minimum Gasteiger partial charge on any atom is -0.463 e. The highest BCUT2D eigenvalue weighted by atomic mass is 16.3. The van der Waals surface area contributed by atoms with Gasteiger partial charge in [0.1, 0.15) is 5.76 Å². The Morgan fingerprint density at radius 1 is 1.62 bits per heavy atom. The number of H-pyrrole nitrogens is 1. The lowest BCUT2D eigenvalue weighted by Crippen LogP contribution is -2.11. The number of nitrogens with zero attached hydrogens (tertiary/aromatic N) is 2. The van der Waals surface area contributed by atoms with Crippen molar-refractivity contribution in [3.05, 3.63) is 46.1 Å². The SMILES string of the molecule is Cc1cc(=O)c(N/N=C/c2ccco2)n[nH]1. The molecule has 2 N–H and O–H groups in total. The van der Waals surface area contributed by atoms with Crippen LogP contribution >= 0.6 is 0 Å². The Kier molecular flexibility index (Phi) is 2.81. The molecule has 0 amide bonds. The summed E-state index contributed by atoms with van der Waals surface area (Å²) in [7, 11) is 0. The maximum atomic E-state index is 11.4. The zero-order chi connectivity index (χ0) is 11.4. The van der Waals surface area contributed by atoms with Gasteiger partial charge in [-0.15, -0.1) is 0 Å². The second kappa shape index (κ2) is 4.43. The minimum atomic E-state index is -0.215. The molecule has 0 spiro atoms. The average Bonchev–Trinajstić information content (AvgIpc) is 2.74. The molecule has 6 heteroatoms. The molecule has 0 radical (unpaired) electrons. The topological polar surface area (TPSA) is 83.3 Å². The van der Waals surface area contributed by atoms with Crippen LogP contribution in [0, 0.1) is 6.92 Å². The fraction of sp³-hybridized carbons (Fsp3) is 0.100. The molecule has 6 nitrogen and oxygen atoms in total. The average molecular weight is 218 g/mol. The van der Waals surface area contributed by atoms with Gasteiger partial charge in [-0.1, -0.05) is 0 Å². The van der Waals surface area contributed by atoms with Gasteiger partial charge in [-0.2, -0.15) is 10.2 Å². The molecule has 2 aromatic heterocycles. The van der Waals surface area contributed by atoms with Crippen LogP contribution in [0.15, 0.2) is 38.8 Å². The number of aromatic nitrogens is 2. The number of rotatable bonds is 3. The number of aryl methyl sites for hydroxylation is 1. The van der Waals surface area contributed by atoms with Crippen molar-refractivity contribution in [1.29, 1.82) is 0 Å². The zero-order valence-corrected chi connectivity index (χ0v) is 8.60. The van der Waals surface area contributed by atoms with Crippen molar-refractivity contribution in [2.75, 3.05) is 5.43 Å². The monoisotopic (exact) mass is 218 g/mol.